The lowest BCUT2D eigenvalue weighted by molar-refractivity contribution is 0.149. The van der Waals surface area contributed by atoms with Gasteiger partial charge >= 0.3 is 0 Å². The maximum Gasteiger partial charge on any atom is 0.0730 e. The van der Waals surface area contributed by atoms with Crippen molar-refractivity contribution in [2.75, 3.05) is 19.6 Å². The zero-order valence-electron chi connectivity index (χ0n) is 10.1. The number of piperazine rings is 1. The number of hydrogen-bond acceptors (Lipinski definition) is 3. The van der Waals surface area contributed by atoms with Gasteiger partial charge in [0.25, 0.3) is 0 Å². The molecule has 0 unspecified atom stereocenters. The Hall–Kier alpha value is 0.100. The average molecular weight is 303 g/mol. The molecule has 2 nitrogen and oxygen atoms in total. The molecule has 2 heterocycles. The Morgan fingerprint density at radius 3 is 2.88 bits per heavy atom. The van der Waals surface area contributed by atoms with Crippen LogP contribution in [-0.2, 0) is 6.54 Å². The zero-order chi connectivity index (χ0) is 11.8. The third kappa shape index (κ3) is 3.06. The number of rotatable bonds is 2. The van der Waals surface area contributed by atoms with Gasteiger partial charge in [-0.3, -0.25) is 4.90 Å². The van der Waals surface area contributed by atoms with Crippen molar-refractivity contribution in [2.45, 2.75) is 32.9 Å². The van der Waals surface area contributed by atoms with Gasteiger partial charge in [-0.2, -0.15) is 0 Å². The van der Waals surface area contributed by atoms with E-state index in [0.29, 0.717) is 0 Å². The number of thiophene rings is 1. The summed E-state index contributed by atoms with van der Waals surface area (Å²) in [6, 6.07) is 2.30. The van der Waals surface area contributed by atoms with Crippen LogP contribution in [0.3, 0.4) is 0 Å². The van der Waals surface area contributed by atoms with Gasteiger partial charge in [0.05, 0.1) is 3.79 Å². The molecule has 90 valence electrons. The molecule has 1 saturated heterocycles. The van der Waals surface area contributed by atoms with Crippen molar-refractivity contribution < 1.29 is 0 Å². The van der Waals surface area contributed by atoms with E-state index in [4.69, 9.17) is 0 Å². The molecule has 0 spiro atoms. The van der Waals surface area contributed by atoms with Crippen LogP contribution >= 0.6 is 27.3 Å². The SMILES string of the molecule is Cc1cc(CN2CCNC(C)(C)C2)sc1Br. The number of halogens is 1. The topological polar surface area (TPSA) is 15.3 Å². The Bertz CT molecular complexity index is 354. The molecule has 1 aromatic heterocycles. The lowest BCUT2D eigenvalue weighted by Crippen LogP contribution is -2.56. The van der Waals surface area contributed by atoms with E-state index in [1.165, 1.54) is 14.2 Å². The van der Waals surface area contributed by atoms with Crippen LogP contribution < -0.4 is 5.32 Å². The minimum atomic E-state index is 0.252. The molecule has 0 aliphatic carbocycles. The second-order valence-corrected chi connectivity index (χ2v) is 7.65. The van der Waals surface area contributed by atoms with E-state index in [-0.39, 0.29) is 5.54 Å². The highest BCUT2D eigenvalue weighted by molar-refractivity contribution is 9.11. The van der Waals surface area contributed by atoms with Gasteiger partial charge in [0.2, 0.25) is 0 Å². The molecule has 1 aliphatic heterocycles. The Morgan fingerprint density at radius 2 is 2.31 bits per heavy atom. The van der Waals surface area contributed by atoms with Crippen LogP contribution in [0.5, 0.6) is 0 Å². The highest BCUT2D eigenvalue weighted by Crippen LogP contribution is 2.28. The van der Waals surface area contributed by atoms with Gasteiger partial charge in [-0.15, -0.1) is 11.3 Å². The average Bonchev–Trinajstić information content (AvgIpc) is 2.43. The van der Waals surface area contributed by atoms with Crippen LogP contribution in [0.15, 0.2) is 9.85 Å². The van der Waals surface area contributed by atoms with Crippen LogP contribution in [0.1, 0.15) is 24.3 Å². The van der Waals surface area contributed by atoms with Gasteiger partial charge in [-0.05, 0) is 48.3 Å². The first-order chi connectivity index (χ1) is 7.46. The summed E-state index contributed by atoms with van der Waals surface area (Å²) in [6.07, 6.45) is 0. The van der Waals surface area contributed by atoms with E-state index in [2.05, 4.69) is 53.0 Å². The molecule has 2 rings (SSSR count). The van der Waals surface area contributed by atoms with Gasteiger partial charge in [0.15, 0.2) is 0 Å². The Labute approximate surface area is 110 Å². The Morgan fingerprint density at radius 1 is 1.56 bits per heavy atom. The van der Waals surface area contributed by atoms with Crippen LogP contribution in [0, 0.1) is 6.92 Å². The second kappa shape index (κ2) is 4.77. The first kappa shape index (κ1) is 12.6. The summed E-state index contributed by atoms with van der Waals surface area (Å²) in [5.74, 6) is 0. The largest absolute Gasteiger partial charge is 0.309 e. The van der Waals surface area contributed by atoms with E-state index >= 15 is 0 Å². The fourth-order valence-electron chi connectivity index (χ4n) is 2.20. The number of hydrogen-bond donors (Lipinski definition) is 1. The van der Waals surface area contributed by atoms with Gasteiger partial charge < -0.3 is 5.32 Å². The summed E-state index contributed by atoms with van der Waals surface area (Å²) in [5, 5.41) is 3.54. The summed E-state index contributed by atoms with van der Waals surface area (Å²) in [7, 11) is 0. The van der Waals surface area contributed by atoms with E-state index in [1.807, 2.05) is 11.3 Å². The molecule has 0 bridgehead atoms. The molecule has 0 saturated carbocycles. The summed E-state index contributed by atoms with van der Waals surface area (Å²) in [4.78, 5) is 4.00. The predicted octanol–water partition coefficient (Wildman–Crippen LogP) is 3.00. The summed E-state index contributed by atoms with van der Waals surface area (Å²) >= 11 is 5.45. The standard InChI is InChI=1S/C12H19BrN2S/c1-9-6-10(16-11(9)13)7-15-5-4-14-12(2,3)8-15/h6,14H,4-5,7-8H2,1-3H3. The minimum absolute atomic E-state index is 0.252. The van der Waals surface area contributed by atoms with Crippen molar-refractivity contribution in [3.05, 3.63) is 20.3 Å². The van der Waals surface area contributed by atoms with Crippen LogP contribution in [-0.4, -0.2) is 30.1 Å². The van der Waals surface area contributed by atoms with Crippen molar-refractivity contribution in [1.29, 1.82) is 0 Å². The highest BCUT2D eigenvalue weighted by atomic mass is 79.9. The summed E-state index contributed by atoms with van der Waals surface area (Å²) in [6.45, 7) is 11.2. The molecule has 16 heavy (non-hydrogen) atoms. The van der Waals surface area contributed by atoms with Crippen molar-refractivity contribution in [1.82, 2.24) is 10.2 Å². The molecular weight excluding hydrogens is 284 g/mol. The third-order valence-electron chi connectivity index (χ3n) is 2.94. The van der Waals surface area contributed by atoms with E-state index in [1.54, 1.807) is 0 Å². The molecule has 4 heteroatoms. The fourth-order valence-corrected chi connectivity index (χ4v) is 3.87. The predicted molar refractivity (Wildman–Crippen MR) is 74.1 cm³/mol. The van der Waals surface area contributed by atoms with Crippen LogP contribution in [0.2, 0.25) is 0 Å². The molecule has 1 N–H and O–H groups in total. The van der Waals surface area contributed by atoms with Crippen molar-refractivity contribution in [3.63, 3.8) is 0 Å². The molecule has 1 fully saturated rings. The van der Waals surface area contributed by atoms with Crippen molar-refractivity contribution >= 4 is 27.3 Å². The number of nitrogens with one attached hydrogen (secondary N) is 1. The molecule has 1 aliphatic rings. The lowest BCUT2D eigenvalue weighted by Gasteiger charge is -2.38. The van der Waals surface area contributed by atoms with Crippen molar-refractivity contribution in [3.8, 4) is 0 Å². The summed E-state index contributed by atoms with van der Waals surface area (Å²) < 4.78 is 1.27. The first-order valence-electron chi connectivity index (χ1n) is 5.68. The van der Waals surface area contributed by atoms with Crippen molar-refractivity contribution in [2.24, 2.45) is 0 Å². The van der Waals surface area contributed by atoms with Gasteiger partial charge in [-0.25, -0.2) is 0 Å². The smallest absolute Gasteiger partial charge is 0.0730 e. The summed E-state index contributed by atoms with van der Waals surface area (Å²) in [5.41, 5.74) is 1.61. The maximum absolute atomic E-state index is 3.59. The lowest BCUT2D eigenvalue weighted by atomic mass is 10.0. The number of nitrogens with zero attached hydrogens (tertiary/aromatic N) is 1. The Kier molecular flexibility index (Phi) is 3.74. The molecule has 1 aromatic rings. The van der Waals surface area contributed by atoms with Gasteiger partial charge in [0, 0.05) is 36.6 Å². The molecule has 0 atom stereocenters. The van der Waals surface area contributed by atoms with Gasteiger partial charge in [0.1, 0.15) is 0 Å². The van der Waals surface area contributed by atoms with E-state index < -0.39 is 0 Å². The van der Waals surface area contributed by atoms with E-state index in [0.717, 1.165) is 26.2 Å². The highest BCUT2D eigenvalue weighted by Gasteiger charge is 2.25. The van der Waals surface area contributed by atoms with Crippen LogP contribution in [0.4, 0.5) is 0 Å². The number of aryl methyl sites for hydroxylation is 1. The normalized spacial score (nSPS) is 21.2. The molecule has 0 amide bonds. The van der Waals surface area contributed by atoms with E-state index in [9.17, 15) is 0 Å². The quantitative estimate of drug-likeness (QED) is 0.903. The Balaban J connectivity index is 1.99. The fraction of sp³-hybridized carbons (Fsp3) is 0.667. The molecule has 0 aromatic carbocycles. The van der Waals surface area contributed by atoms with Gasteiger partial charge in [-0.1, -0.05) is 0 Å². The maximum atomic E-state index is 3.59. The van der Waals surface area contributed by atoms with Crippen LogP contribution in [0.25, 0.3) is 0 Å². The zero-order valence-corrected chi connectivity index (χ0v) is 12.5. The monoisotopic (exact) mass is 302 g/mol. The molecule has 0 radical (unpaired) electrons. The minimum Gasteiger partial charge on any atom is -0.309 e. The third-order valence-corrected chi connectivity index (χ3v) is 5.06. The molecular formula is C12H19BrN2S. The second-order valence-electron chi connectivity index (χ2n) is 5.19. The first-order valence-corrected chi connectivity index (χ1v) is 7.29.